The van der Waals surface area contributed by atoms with Crippen molar-refractivity contribution in [2.75, 3.05) is 6.54 Å². The van der Waals surface area contributed by atoms with Gasteiger partial charge >= 0.3 is 12.0 Å². The zero-order chi connectivity index (χ0) is 12.1. The molecule has 0 aliphatic rings. The van der Waals surface area contributed by atoms with Crippen molar-refractivity contribution in [2.45, 2.75) is 38.8 Å². The molecule has 1 atom stereocenters. The number of carbonyl (C=O) groups excluding carboxylic acids is 1. The van der Waals surface area contributed by atoms with E-state index in [4.69, 9.17) is 5.11 Å². The van der Waals surface area contributed by atoms with Crippen molar-refractivity contribution in [1.29, 1.82) is 0 Å². The molecule has 0 aromatic carbocycles. The number of aliphatic carboxylic acids is 1. The second-order valence-corrected chi connectivity index (χ2v) is 4.05. The zero-order valence-corrected chi connectivity index (χ0v) is 9.20. The molecule has 0 bridgehead atoms. The van der Waals surface area contributed by atoms with Gasteiger partial charge in [0.1, 0.15) is 0 Å². The van der Waals surface area contributed by atoms with Crippen LogP contribution in [0, 0.1) is 0 Å². The van der Waals surface area contributed by atoms with Crippen LogP contribution in [0.5, 0.6) is 0 Å². The molecule has 6 heteroatoms. The Morgan fingerprint density at radius 1 is 1.40 bits per heavy atom. The van der Waals surface area contributed by atoms with E-state index < -0.39 is 24.0 Å². The maximum absolute atomic E-state index is 11.1. The van der Waals surface area contributed by atoms with Crippen molar-refractivity contribution in [2.24, 2.45) is 0 Å². The van der Waals surface area contributed by atoms with Gasteiger partial charge in [0, 0.05) is 12.6 Å². The van der Waals surface area contributed by atoms with E-state index in [1.165, 1.54) is 6.92 Å². The molecule has 2 amide bonds. The van der Waals surface area contributed by atoms with Crippen LogP contribution in [-0.2, 0) is 4.79 Å². The lowest BCUT2D eigenvalue weighted by molar-refractivity contribution is -0.141. The average Bonchev–Trinajstić information content (AvgIpc) is 1.97. The summed E-state index contributed by atoms with van der Waals surface area (Å²) in [5.74, 6) is -1.11. The van der Waals surface area contributed by atoms with Gasteiger partial charge in [-0.25, -0.2) is 4.79 Å². The second kappa shape index (κ2) is 5.55. The molecule has 15 heavy (non-hydrogen) atoms. The van der Waals surface area contributed by atoms with Crippen molar-refractivity contribution >= 4 is 12.0 Å². The second-order valence-electron chi connectivity index (χ2n) is 4.05. The number of hydrogen-bond donors (Lipinski definition) is 4. The summed E-state index contributed by atoms with van der Waals surface area (Å²) >= 11 is 0. The van der Waals surface area contributed by atoms with Crippen LogP contribution in [0.15, 0.2) is 0 Å². The van der Waals surface area contributed by atoms with Crippen molar-refractivity contribution in [3.05, 3.63) is 0 Å². The third-order valence-electron chi connectivity index (χ3n) is 1.58. The fraction of sp³-hybridized carbons (Fsp3) is 0.778. The van der Waals surface area contributed by atoms with E-state index >= 15 is 0 Å². The van der Waals surface area contributed by atoms with Crippen molar-refractivity contribution in [1.82, 2.24) is 10.6 Å². The van der Waals surface area contributed by atoms with Crippen LogP contribution in [0.3, 0.4) is 0 Å². The monoisotopic (exact) mass is 218 g/mol. The van der Waals surface area contributed by atoms with Crippen LogP contribution in [0.1, 0.15) is 27.2 Å². The summed E-state index contributed by atoms with van der Waals surface area (Å²) in [7, 11) is 0. The van der Waals surface area contributed by atoms with Gasteiger partial charge in [0.2, 0.25) is 0 Å². The van der Waals surface area contributed by atoms with Crippen LogP contribution in [0.4, 0.5) is 4.79 Å². The van der Waals surface area contributed by atoms with Crippen molar-refractivity contribution in [3.63, 3.8) is 0 Å². The van der Waals surface area contributed by atoms with E-state index in [0.717, 1.165) is 0 Å². The topological polar surface area (TPSA) is 98.7 Å². The van der Waals surface area contributed by atoms with E-state index in [9.17, 15) is 14.7 Å². The van der Waals surface area contributed by atoms with E-state index in [1.807, 2.05) is 0 Å². The van der Waals surface area contributed by atoms with E-state index in [0.29, 0.717) is 0 Å². The molecule has 0 radical (unpaired) electrons. The third kappa shape index (κ3) is 7.75. The molecular weight excluding hydrogens is 200 g/mol. The predicted molar refractivity (Wildman–Crippen MR) is 54.5 cm³/mol. The molecule has 0 saturated heterocycles. The molecule has 0 spiro atoms. The lowest BCUT2D eigenvalue weighted by Crippen LogP contribution is -2.47. The molecule has 6 nitrogen and oxygen atoms in total. The fourth-order valence-electron chi connectivity index (χ4n) is 0.972. The Kier molecular flexibility index (Phi) is 5.07. The molecule has 0 aliphatic heterocycles. The first-order chi connectivity index (χ1) is 6.73. The normalized spacial score (nSPS) is 14.5. The van der Waals surface area contributed by atoms with Crippen LogP contribution in [0.2, 0.25) is 0 Å². The summed E-state index contributed by atoms with van der Waals surface area (Å²) in [5, 5.41) is 23.0. The number of hydrogen-bond acceptors (Lipinski definition) is 3. The molecule has 0 heterocycles. The first-order valence-electron chi connectivity index (χ1n) is 4.71. The number of carboxylic acids is 1. The molecule has 0 aliphatic carbocycles. The molecule has 0 rings (SSSR count). The van der Waals surface area contributed by atoms with Crippen LogP contribution >= 0.6 is 0 Å². The summed E-state index contributed by atoms with van der Waals surface area (Å²) in [6.45, 7) is 4.86. The molecule has 88 valence electrons. The number of carbonyl (C=O) groups is 2. The first kappa shape index (κ1) is 13.7. The van der Waals surface area contributed by atoms with Gasteiger partial charge in [-0.15, -0.1) is 0 Å². The van der Waals surface area contributed by atoms with Gasteiger partial charge in [0.05, 0.1) is 12.0 Å². The zero-order valence-electron chi connectivity index (χ0n) is 9.20. The maximum atomic E-state index is 11.1. The van der Waals surface area contributed by atoms with E-state index in [2.05, 4.69) is 10.6 Å². The Hall–Kier alpha value is -1.30. The van der Waals surface area contributed by atoms with Crippen molar-refractivity contribution < 1.29 is 19.8 Å². The molecule has 4 N–H and O–H groups in total. The third-order valence-corrected chi connectivity index (χ3v) is 1.58. The highest BCUT2D eigenvalue weighted by Crippen LogP contribution is 2.06. The minimum atomic E-state index is -1.43. The number of urea groups is 1. The van der Waals surface area contributed by atoms with Crippen LogP contribution < -0.4 is 10.6 Å². The highest BCUT2D eigenvalue weighted by atomic mass is 16.4. The minimum Gasteiger partial charge on any atom is -0.481 e. The Balaban J connectivity index is 3.92. The van der Waals surface area contributed by atoms with Crippen molar-refractivity contribution in [3.8, 4) is 0 Å². The summed E-state index contributed by atoms with van der Waals surface area (Å²) in [5.41, 5.74) is -1.43. The summed E-state index contributed by atoms with van der Waals surface area (Å²) in [4.78, 5) is 21.5. The number of rotatable bonds is 5. The van der Waals surface area contributed by atoms with E-state index in [1.54, 1.807) is 13.8 Å². The quantitative estimate of drug-likeness (QED) is 0.518. The number of aliphatic hydroxyl groups is 1. The molecule has 0 aromatic rings. The van der Waals surface area contributed by atoms with Gasteiger partial charge in [0.15, 0.2) is 0 Å². The lowest BCUT2D eigenvalue weighted by Gasteiger charge is -2.22. The average molecular weight is 218 g/mol. The smallest absolute Gasteiger partial charge is 0.315 e. The van der Waals surface area contributed by atoms with E-state index in [-0.39, 0.29) is 12.6 Å². The first-order valence-corrected chi connectivity index (χ1v) is 4.71. The fourth-order valence-corrected chi connectivity index (χ4v) is 0.972. The number of carboxylic acid groups (broad SMARTS) is 1. The highest BCUT2D eigenvalue weighted by Gasteiger charge is 2.24. The summed E-state index contributed by atoms with van der Waals surface area (Å²) in [6.07, 6.45) is -0.408. The molecule has 0 aromatic heterocycles. The minimum absolute atomic E-state index is 0.00516. The number of nitrogens with one attached hydrogen (secondary N) is 2. The lowest BCUT2D eigenvalue weighted by atomic mass is 10.0. The highest BCUT2D eigenvalue weighted by molar-refractivity contribution is 5.74. The Bertz CT molecular complexity index is 238. The van der Waals surface area contributed by atoms with Gasteiger partial charge in [0.25, 0.3) is 0 Å². The Labute approximate surface area is 88.7 Å². The maximum Gasteiger partial charge on any atom is 0.315 e. The number of amides is 2. The Morgan fingerprint density at radius 2 is 1.93 bits per heavy atom. The SMILES string of the molecule is CC(C)NC(=O)NCC(C)(O)CC(=O)O. The molecular formula is C9H18N2O4. The summed E-state index contributed by atoms with van der Waals surface area (Å²) < 4.78 is 0. The standard InChI is InChI=1S/C9H18N2O4/c1-6(2)11-8(14)10-5-9(3,15)4-7(12)13/h6,15H,4-5H2,1-3H3,(H,12,13)(H2,10,11,14). The molecule has 1 unspecified atom stereocenters. The Morgan fingerprint density at radius 3 is 2.33 bits per heavy atom. The summed E-state index contributed by atoms with van der Waals surface area (Å²) in [6, 6.07) is -0.426. The van der Waals surface area contributed by atoms with Gasteiger partial charge in [-0.1, -0.05) is 0 Å². The van der Waals surface area contributed by atoms with Gasteiger partial charge in [-0.05, 0) is 20.8 Å². The molecule has 0 saturated carbocycles. The molecule has 0 fully saturated rings. The van der Waals surface area contributed by atoms with Crippen LogP contribution in [0.25, 0.3) is 0 Å². The largest absolute Gasteiger partial charge is 0.481 e. The predicted octanol–water partition coefficient (Wildman–Crippen LogP) is -0.0803. The van der Waals surface area contributed by atoms with Gasteiger partial charge in [-0.3, -0.25) is 4.79 Å². The van der Waals surface area contributed by atoms with Crippen LogP contribution in [-0.4, -0.2) is 40.4 Å². The van der Waals surface area contributed by atoms with Gasteiger partial charge < -0.3 is 20.8 Å². The van der Waals surface area contributed by atoms with Gasteiger partial charge in [-0.2, -0.15) is 0 Å².